The summed E-state index contributed by atoms with van der Waals surface area (Å²) in [5, 5.41) is 3.47. The average Bonchev–Trinajstić information content (AvgIpc) is 2.47. The third-order valence-corrected chi connectivity index (χ3v) is 3.34. The van der Waals surface area contributed by atoms with Gasteiger partial charge in [-0.2, -0.15) is 0 Å². The van der Waals surface area contributed by atoms with Crippen molar-refractivity contribution >= 4 is 6.09 Å². The second-order valence-corrected chi connectivity index (χ2v) is 4.87. The monoisotopic (exact) mass is 288 g/mol. The summed E-state index contributed by atoms with van der Waals surface area (Å²) in [6, 6.07) is 0.475. The van der Waals surface area contributed by atoms with Crippen LogP contribution in [0.25, 0.3) is 0 Å². The first kappa shape index (κ1) is 17.2. The van der Waals surface area contributed by atoms with Crippen molar-refractivity contribution in [3.63, 3.8) is 0 Å². The van der Waals surface area contributed by atoms with Gasteiger partial charge < -0.3 is 24.4 Å². The molecule has 0 aromatic carbocycles. The van der Waals surface area contributed by atoms with Crippen LogP contribution in [-0.2, 0) is 14.2 Å². The molecule has 118 valence electrons. The molecule has 1 rings (SSSR count). The fourth-order valence-corrected chi connectivity index (χ4v) is 2.22. The molecule has 1 fully saturated rings. The topological polar surface area (TPSA) is 60.0 Å². The van der Waals surface area contributed by atoms with Crippen LogP contribution in [0.4, 0.5) is 4.79 Å². The molecule has 1 saturated heterocycles. The molecular weight excluding hydrogens is 260 g/mol. The molecule has 0 aromatic rings. The number of piperidine rings is 1. The Morgan fingerprint density at radius 2 is 2.00 bits per heavy atom. The summed E-state index contributed by atoms with van der Waals surface area (Å²) in [7, 11) is 1.70. The first-order chi connectivity index (χ1) is 9.77. The largest absolute Gasteiger partial charge is 0.450 e. The quantitative estimate of drug-likeness (QED) is 0.647. The van der Waals surface area contributed by atoms with E-state index in [0.717, 1.165) is 58.7 Å². The van der Waals surface area contributed by atoms with Gasteiger partial charge in [-0.3, -0.25) is 0 Å². The molecule has 0 radical (unpaired) electrons. The number of carbonyl (C=O) groups excluding carboxylic acids is 1. The highest BCUT2D eigenvalue weighted by Gasteiger charge is 2.22. The van der Waals surface area contributed by atoms with Crippen LogP contribution in [0.1, 0.15) is 26.2 Å². The standard InChI is InChI=1S/C14H28N2O4/c1-3-20-14(17)16-8-5-13(6-9-16)15-7-12-19-11-4-10-18-2/h13,15H,3-12H2,1-2H3. The Morgan fingerprint density at radius 3 is 2.65 bits per heavy atom. The van der Waals surface area contributed by atoms with Gasteiger partial charge in [-0.15, -0.1) is 0 Å². The predicted molar refractivity (Wildman–Crippen MR) is 76.9 cm³/mol. The van der Waals surface area contributed by atoms with Gasteiger partial charge >= 0.3 is 6.09 Å². The van der Waals surface area contributed by atoms with E-state index in [1.165, 1.54) is 0 Å². The Balaban J connectivity index is 1.98. The normalized spacial score (nSPS) is 16.4. The van der Waals surface area contributed by atoms with Crippen molar-refractivity contribution in [2.45, 2.75) is 32.2 Å². The summed E-state index contributed by atoms with van der Waals surface area (Å²) >= 11 is 0. The minimum absolute atomic E-state index is 0.188. The number of methoxy groups -OCH3 is 1. The van der Waals surface area contributed by atoms with E-state index in [4.69, 9.17) is 14.2 Å². The SMILES string of the molecule is CCOC(=O)N1CCC(NCCOCCCOC)CC1. The molecule has 0 saturated carbocycles. The first-order valence-corrected chi connectivity index (χ1v) is 7.49. The summed E-state index contributed by atoms with van der Waals surface area (Å²) in [4.78, 5) is 13.3. The van der Waals surface area contributed by atoms with E-state index in [9.17, 15) is 4.79 Å². The molecule has 1 amide bonds. The van der Waals surface area contributed by atoms with Crippen molar-refractivity contribution < 1.29 is 19.0 Å². The average molecular weight is 288 g/mol. The Kier molecular flexibility index (Phi) is 9.36. The highest BCUT2D eigenvalue weighted by Crippen LogP contribution is 2.11. The number of hydrogen-bond acceptors (Lipinski definition) is 5. The lowest BCUT2D eigenvalue weighted by atomic mass is 10.1. The van der Waals surface area contributed by atoms with Crippen LogP contribution in [0, 0.1) is 0 Å². The number of nitrogens with one attached hydrogen (secondary N) is 1. The summed E-state index contributed by atoms with van der Waals surface area (Å²) in [5.74, 6) is 0. The van der Waals surface area contributed by atoms with Crippen LogP contribution >= 0.6 is 0 Å². The molecule has 1 N–H and O–H groups in total. The third kappa shape index (κ3) is 7.07. The van der Waals surface area contributed by atoms with Gasteiger partial charge in [0.05, 0.1) is 13.2 Å². The van der Waals surface area contributed by atoms with Gasteiger partial charge in [-0.25, -0.2) is 4.79 Å². The maximum atomic E-state index is 11.5. The van der Waals surface area contributed by atoms with Crippen LogP contribution in [0.15, 0.2) is 0 Å². The molecule has 1 aliphatic heterocycles. The molecule has 0 atom stereocenters. The highest BCUT2D eigenvalue weighted by atomic mass is 16.6. The van der Waals surface area contributed by atoms with Crippen LogP contribution < -0.4 is 5.32 Å². The van der Waals surface area contributed by atoms with Gasteiger partial charge in [0.1, 0.15) is 0 Å². The maximum absolute atomic E-state index is 11.5. The molecule has 6 nitrogen and oxygen atoms in total. The minimum atomic E-state index is -0.188. The third-order valence-electron chi connectivity index (χ3n) is 3.34. The van der Waals surface area contributed by atoms with Crippen molar-refractivity contribution in [2.75, 3.05) is 53.2 Å². The molecule has 1 aliphatic rings. The number of amides is 1. The van der Waals surface area contributed by atoms with Crippen molar-refractivity contribution in [3.05, 3.63) is 0 Å². The molecule has 0 bridgehead atoms. The second kappa shape index (κ2) is 10.9. The number of likely N-dealkylation sites (tertiary alicyclic amines) is 1. The van der Waals surface area contributed by atoms with Gasteiger partial charge in [0.15, 0.2) is 0 Å². The van der Waals surface area contributed by atoms with Gasteiger partial charge in [0.2, 0.25) is 0 Å². The van der Waals surface area contributed by atoms with E-state index in [-0.39, 0.29) is 6.09 Å². The molecule has 0 spiro atoms. The molecule has 0 aliphatic carbocycles. The fraction of sp³-hybridized carbons (Fsp3) is 0.929. The predicted octanol–water partition coefficient (Wildman–Crippen LogP) is 1.25. The van der Waals surface area contributed by atoms with Crippen molar-refractivity contribution in [2.24, 2.45) is 0 Å². The van der Waals surface area contributed by atoms with E-state index in [0.29, 0.717) is 12.6 Å². The number of hydrogen-bond donors (Lipinski definition) is 1. The zero-order valence-corrected chi connectivity index (χ0v) is 12.7. The summed E-state index contributed by atoms with van der Waals surface area (Å²) < 4.78 is 15.4. The van der Waals surface area contributed by atoms with Gasteiger partial charge in [-0.05, 0) is 26.2 Å². The van der Waals surface area contributed by atoms with E-state index in [1.807, 2.05) is 6.92 Å². The number of ether oxygens (including phenoxy) is 3. The number of carbonyl (C=O) groups is 1. The summed E-state index contributed by atoms with van der Waals surface area (Å²) in [5.41, 5.74) is 0. The molecular formula is C14H28N2O4. The maximum Gasteiger partial charge on any atom is 0.409 e. The number of nitrogens with zero attached hydrogens (tertiary/aromatic N) is 1. The van der Waals surface area contributed by atoms with Crippen LogP contribution in [-0.4, -0.2) is 70.2 Å². The summed E-state index contributed by atoms with van der Waals surface area (Å²) in [6.07, 6.45) is 2.70. The Morgan fingerprint density at radius 1 is 1.25 bits per heavy atom. The smallest absolute Gasteiger partial charge is 0.409 e. The second-order valence-electron chi connectivity index (χ2n) is 4.87. The van der Waals surface area contributed by atoms with Crippen LogP contribution in [0.2, 0.25) is 0 Å². The van der Waals surface area contributed by atoms with E-state index < -0.39 is 0 Å². The molecule has 20 heavy (non-hydrogen) atoms. The molecule has 6 heteroatoms. The van der Waals surface area contributed by atoms with Crippen molar-refractivity contribution in [3.8, 4) is 0 Å². The molecule has 1 heterocycles. The van der Waals surface area contributed by atoms with E-state index >= 15 is 0 Å². The number of rotatable bonds is 9. The lowest BCUT2D eigenvalue weighted by Gasteiger charge is -2.31. The van der Waals surface area contributed by atoms with Crippen LogP contribution in [0.5, 0.6) is 0 Å². The minimum Gasteiger partial charge on any atom is -0.450 e. The Hall–Kier alpha value is -0.850. The lowest BCUT2D eigenvalue weighted by Crippen LogP contribution is -2.45. The molecule has 0 aromatic heterocycles. The Labute approximate surface area is 121 Å². The Bertz CT molecular complexity index is 256. The fourth-order valence-electron chi connectivity index (χ4n) is 2.22. The van der Waals surface area contributed by atoms with E-state index in [2.05, 4.69) is 5.32 Å². The molecule has 0 unspecified atom stereocenters. The van der Waals surface area contributed by atoms with Crippen molar-refractivity contribution in [1.29, 1.82) is 0 Å². The van der Waals surface area contributed by atoms with Crippen molar-refractivity contribution in [1.82, 2.24) is 10.2 Å². The highest BCUT2D eigenvalue weighted by molar-refractivity contribution is 5.67. The van der Waals surface area contributed by atoms with Gasteiger partial charge in [0.25, 0.3) is 0 Å². The van der Waals surface area contributed by atoms with E-state index in [1.54, 1.807) is 12.0 Å². The van der Waals surface area contributed by atoms with Gasteiger partial charge in [-0.1, -0.05) is 0 Å². The first-order valence-electron chi connectivity index (χ1n) is 7.49. The zero-order valence-electron chi connectivity index (χ0n) is 12.7. The van der Waals surface area contributed by atoms with Gasteiger partial charge in [0, 0.05) is 46.0 Å². The van der Waals surface area contributed by atoms with Crippen LogP contribution in [0.3, 0.4) is 0 Å². The lowest BCUT2D eigenvalue weighted by molar-refractivity contribution is 0.0893. The zero-order chi connectivity index (χ0) is 14.6. The summed E-state index contributed by atoms with van der Waals surface area (Å²) in [6.45, 7) is 6.89.